The molecular weight excluding hydrogens is 188 g/mol. The number of rotatable bonds is 0. The predicted molar refractivity (Wildman–Crippen MR) is 43.0 cm³/mol. The van der Waals surface area contributed by atoms with Crippen molar-refractivity contribution in [2.75, 3.05) is 19.7 Å². The monoisotopic (exact) mass is 199 g/mol. The fourth-order valence-electron chi connectivity index (χ4n) is 1.82. The second-order valence-corrected chi connectivity index (χ2v) is 3.42. The van der Waals surface area contributed by atoms with Crippen LogP contribution in [0.25, 0.3) is 0 Å². The molecule has 2 fully saturated rings. The molecule has 0 amide bonds. The first-order chi connectivity index (χ1) is 5.12. The molecule has 0 aromatic heterocycles. The molecule has 0 aromatic rings. The van der Waals surface area contributed by atoms with Gasteiger partial charge in [-0.25, -0.2) is 8.78 Å². The summed E-state index contributed by atoms with van der Waals surface area (Å²) in [5.41, 5.74) is -0.526. The van der Waals surface area contributed by atoms with Crippen LogP contribution in [-0.2, 0) is 4.74 Å². The Morgan fingerprint density at radius 1 is 1.25 bits per heavy atom. The zero-order valence-corrected chi connectivity index (χ0v) is 7.42. The van der Waals surface area contributed by atoms with Crippen molar-refractivity contribution < 1.29 is 13.5 Å². The van der Waals surface area contributed by atoms with Gasteiger partial charge in [0.1, 0.15) is 0 Å². The van der Waals surface area contributed by atoms with E-state index in [0.717, 1.165) is 6.54 Å². The van der Waals surface area contributed by atoms with Crippen molar-refractivity contribution in [3.63, 3.8) is 0 Å². The van der Waals surface area contributed by atoms with E-state index >= 15 is 0 Å². The summed E-state index contributed by atoms with van der Waals surface area (Å²) in [5.74, 6) is -2.47. The molecule has 0 unspecified atom stereocenters. The maximum atomic E-state index is 12.5. The first-order valence-corrected chi connectivity index (χ1v) is 3.85. The Hall–Kier alpha value is 0.0700. The Kier molecular flexibility index (Phi) is 2.61. The minimum absolute atomic E-state index is 0. The number of ether oxygens (including phenoxy) is 1. The van der Waals surface area contributed by atoms with Crippen LogP contribution in [-0.4, -0.2) is 31.2 Å². The third-order valence-electron chi connectivity index (χ3n) is 2.30. The van der Waals surface area contributed by atoms with Crippen molar-refractivity contribution in [2.45, 2.75) is 24.4 Å². The van der Waals surface area contributed by atoms with Crippen LogP contribution in [0, 0.1) is 0 Å². The van der Waals surface area contributed by atoms with Crippen LogP contribution in [0.5, 0.6) is 0 Å². The zero-order valence-electron chi connectivity index (χ0n) is 6.61. The predicted octanol–water partition coefficient (Wildman–Crippen LogP) is 1.20. The van der Waals surface area contributed by atoms with E-state index in [-0.39, 0.29) is 25.2 Å². The molecule has 1 saturated heterocycles. The van der Waals surface area contributed by atoms with E-state index in [4.69, 9.17) is 4.74 Å². The van der Waals surface area contributed by atoms with Gasteiger partial charge in [0.15, 0.2) is 0 Å². The highest BCUT2D eigenvalue weighted by Crippen LogP contribution is 2.48. The van der Waals surface area contributed by atoms with Crippen LogP contribution in [0.3, 0.4) is 0 Å². The Morgan fingerprint density at radius 2 is 1.92 bits per heavy atom. The fourth-order valence-corrected chi connectivity index (χ4v) is 1.82. The summed E-state index contributed by atoms with van der Waals surface area (Å²) >= 11 is 0. The molecule has 0 aromatic carbocycles. The lowest BCUT2D eigenvalue weighted by Gasteiger charge is -2.49. The molecule has 5 heteroatoms. The van der Waals surface area contributed by atoms with Gasteiger partial charge >= 0.3 is 0 Å². The zero-order chi connectivity index (χ0) is 7.95. The van der Waals surface area contributed by atoms with Crippen LogP contribution >= 0.6 is 12.4 Å². The molecule has 0 atom stereocenters. The van der Waals surface area contributed by atoms with Crippen molar-refractivity contribution in [3.8, 4) is 0 Å². The van der Waals surface area contributed by atoms with Gasteiger partial charge in [-0.15, -0.1) is 12.4 Å². The van der Waals surface area contributed by atoms with Crippen molar-refractivity contribution in [1.29, 1.82) is 0 Å². The number of hydrogen-bond donors (Lipinski definition) is 1. The largest absolute Gasteiger partial charge is 0.372 e. The van der Waals surface area contributed by atoms with Crippen molar-refractivity contribution in [1.82, 2.24) is 5.32 Å². The van der Waals surface area contributed by atoms with Gasteiger partial charge in [0.2, 0.25) is 0 Å². The van der Waals surface area contributed by atoms with Crippen molar-refractivity contribution in [2.24, 2.45) is 0 Å². The normalized spacial score (nSPS) is 30.5. The smallest absolute Gasteiger partial charge is 0.253 e. The summed E-state index contributed by atoms with van der Waals surface area (Å²) < 4.78 is 30.2. The lowest BCUT2D eigenvalue weighted by Crippen LogP contribution is -2.61. The number of morpholine rings is 1. The molecule has 2 rings (SSSR count). The minimum Gasteiger partial charge on any atom is -0.372 e. The van der Waals surface area contributed by atoms with Crippen LogP contribution in [0.2, 0.25) is 0 Å². The van der Waals surface area contributed by atoms with Gasteiger partial charge in [-0.3, -0.25) is 0 Å². The summed E-state index contributed by atoms with van der Waals surface area (Å²) in [6.07, 6.45) is -0.208. The Bertz CT molecular complexity index is 161. The van der Waals surface area contributed by atoms with Crippen LogP contribution in [0.1, 0.15) is 12.8 Å². The van der Waals surface area contributed by atoms with Crippen LogP contribution in [0.4, 0.5) is 8.78 Å². The summed E-state index contributed by atoms with van der Waals surface area (Å²) in [7, 11) is 0. The first-order valence-electron chi connectivity index (χ1n) is 3.85. The van der Waals surface area contributed by atoms with E-state index in [2.05, 4.69) is 5.32 Å². The van der Waals surface area contributed by atoms with Crippen LogP contribution < -0.4 is 5.32 Å². The summed E-state index contributed by atoms with van der Waals surface area (Å²) in [4.78, 5) is 0. The Labute approximate surface area is 76.1 Å². The SMILES string of the molecule is Cl.FC1(F)CC2(CNCCO2)C1. The van der Waals surface area contributed by atoms with E-state index in [0.29, 0.717) is 13.2 Å². The molecule has 1 heterocycles. The third kappa shape index (κ3) is 1.70. The lowest BCUT2D eigenvalue weighted by molar-refractivity contribution is -0.234. The van der Waals surface area contributed by atoms with Gasteiger partial charge in [-0.1, -0.05) is 0 Å². The van der Waals surface area contributed by atoms with Gasteiger partial charge in [-0.2, -0.15) is 0 Å². The van der Waals surface area contributed by atoms with E-state index in [1.165, 1.54) is 0 Å². The highest BCUT2D eigenvalue weighted by atomic mass is 35.5. The van der Waals surface area contributed by atoms with E-state index in [1.807, 2.05) is 0 Å². The molecule has 1 N–H and O–H groups in total. The van der Waals surface area contributed by atoms with E-state index in [1.54, 1.807) is 0 Å². The second-order valence-electron chi connectivity index (χ2n) is 3.42. The maximum absolute atomic E-state index is 12.5. The molecule has 72 valence electrons. The molecule has 0 bridgehead atoms. The van der Waals surface area contributed by atoms with E-state index < -0.39 is 11.5 Å². The summed E-state index contributed by atoms with van der Waals surface area (Å²) in [6, 6.07) is 0. The molecule has 2 nitrogen and oxygen atoms in total. The molecule has 1 saturated carbocycles. The average Bonchev–Trinajstić information content (AvgIpc) is 1.85. The number of hydrogen-bond acceptors (Lipinski definition) is 2. The molecule has 1 aliphatic heterocycles. The Balaban J connectivity index is 0.000000720. The van der Waals surface area contributed by atoms with Crippen molar-refractivity contribution >= 4 is 12.4 Å². The molecule has 2 aliphatic rings. The van der Waals surface area contributed by atoms with Gasteiger partial charge < -0.3 is 10.1 Å². The maximum Gasteiger partial charge on any atom is 0.253 e. The van der Waals surface area contributed by atoms with E-state index in [9.17, 15) is 8.78 Å². The second kappa shape index (κ2) is 3.09. The van der Waals surface area contributed by atoms with Crippen molar-refractivity contribution in [3.05, 3.63) is 0 Å². The summed E-state index contributed by atoms with van der Waals surface area (Å²) in [5, 5.41) is 3.06. The number of nitrogens with one attached hydrogen (secondary N) is 1. The van der Waals surface area contributed by atoms with Gasteiger partial charge in [-0.05, 0) is 0 Å². The molecular formula is C7H12ClF2NO. The topological polar surface area (TPSA) is 21.3 Å². The highest BCUT2D eigenvalue weighted by molar-refractivity contribution is 5.85. The molecule has 1 aliphatic carbocycles. The lowest BCUT2D eigenvalue weighted by atomic mass is 9.76. The molecule has 1 spiro atoms. The molecule has 0 radical (unpaired) electrons. The quantitative estimate of drug-likeness (QED) is 0.633. The van der Waals surface area contributed by atoms with Crippen LogP contribution in [0.15, 0.2) is 0 Å². The average molecular weight is 200 g/mol. The minimum atomic E-state index is -2.47. The fraction of sp³-hybridized carbons (Fsp3) is 1.00. The van der Waals surface area contributed by atoms with Gasteiger partial charge in [0, 0.05) is 25.9 Å². The van der Waals surface area contributed by atoms with Gasteiger partial charge in [0.05, 0.1) is 12.2 Å². The number of halogens is 3. The Morgan fingerprint density at radius 3 is 2.33 bits per heavy atom. The number of alkyl halides is 2. The molecule has 12 heavy (non-hydrogen) atoms. The standard InChI is InChI=1S/C7H11F2NO.ClH/c8-7(9)3-6(4-7)5-10-1-2-11-6;/h10H,1-5H2;1H. The third-order valence-corrected chi connectivity index (χ3v) is 2.30. The summed E-state index contributed by atoms with van der Waals surface area (Å²) in [6.45, 7) is 1.94. The van der Waals surface area contributed by atoms with Gasteiger partial charge in [0.25, 0.3) is 5.92 Å². The first kappa shape index (κ1) is 10.2. The highest BCUT2D eigenvalue weighted by Gasteiger charge is 2.57.